The zero-order chi connectivity index (χ0) is 25.0. The summed E-state index contributed by atoms with van der Waals surface area (Å²) in [6.07, 6.45) is 3.12. The largest absolute Gasteiger partial charge is 0.364 e. The molecule has 178 valence electrons. The lowest BCUT2D eigenvalue weighted by molar-refractivity contribution is 0.102. The lowest BCUT2D eigenvalue weighted by Crippen LogP contribution is -2.27. The van der Waals surface area contributed by atoms with Gasteiger partial charge in [-0.25, -0.2) is 15.0 Å². The van der Waals surface area contributed by atoms with Gasteiger partial charge in [-0.2, -0.15) is 0 Å². The normalized spacial score (nSPS) is 11.1. The van der Waals surface area contributed by atoms with Crippen LogP contribution in [0.2, 0.25) is 0 Å². The first-order chi connectivity index (χ1) is 16.7. The number of para-hydroxylation sites is 2. The van der Waals surface area contributed by atoms with Gasteiger partial charge in [0.15, 0.2) is 0 Å². The number of amides is 1. The molecule has 0 saturated carbocycles. The van der Waals surface area contributed by atoms with Crippen LogP contribution in [0, 0.1) is 6.92 Å². The summed E-state index contributed by atoms with van der Waals surface area (Å²) < 4.78 is 0. The van der Waals surface area contributed by atoms with E-state index in [4.69, 9.17) is 4.98 Å². The van der Waals surface area contributed by atoms with Gasteiger partial charge in [0.25, 0.3) is 11.5 Å². The highest BCUT2D eigenvalue weighted by atomic mass is 16.2. The highest BCUT2D eigenvalue weighted by Crippen LogP contribution is 2.25. The van der Waals surface area contributed by atoms with Gasteiger partial charge in [-0.1, -0.05) is 18.2 Å². The monoisotopic (exact) mass is 469 g/mol. The van der Waals surface area contributed by atoms with Gasteiger partial charge in [0.1, 0.15) is 17.0 Å². The third-order valence-corrected chi connectivity index (χ3v) is 5.00. The van der Waals surface area contributed by atoms with Crippen molar-refractivity contribution in [2.75, 3.05) is 10.6 Å². The molecule has 0 aliphatic carbocycles. The van der Waals surface area contributed by atoms with Crippen molar-refractivity contribution in [3.63, 3.8) is 0 Å². The molecule has 0 spiro atoms. The van der Waals surface area contributed by atoms with Crippen molar-refractivity contribution in [3.8, 4) is 0 Å². The number of aromatic amines is 2. The van der Waals surface area contributed by atoms with E-state index >= 15 is 0 Å². The summed E-state index contributed by atoms with van der Waals surface area (Å²) in [5, 5.41) is 6.89. The van der Waals surface area contributed by atoms with Crippen LogP contribution >= 0.6 is 0 Å². The molecule has 0 bridgehead atoms. The van der Waals surface area contributed by atoms with Gasteiger partial charge < -0.3 is 20.6 Å². The molecular weight excluding hydrogens is 442 g/mol. The molecular formula is C26H27N7O2. The number of aryl methyl sites for hydroxylation is 1. The van der Waals surface area contributed by atoms with Crippen molar-refractivity contribution in [3.05, 3.63) is 88.9 Å². The summed E-state index contributed by atoms with van der Waals surface area (Å²) in [6.45, 7) is 8.12. The van der Waals surface area contributed by atoms with Crippen LogP contribution in [0.1, 0.15) is 37.0 Å². The predicted molar refractivity (Wildman–Crippen MR) is 139 cm³/mol. The van der Waals surface area contributed by atoms with E-state index in [0.717, 1.165) is 22.5 Å². The Labute approximate surface area is 202 Å². The zero-order valence-electron chi connectivity index (χ0n) is 20.0. The first kappa shape index (κ1) is 23.6. The van der Waals surface area contributed by atoms with Crippen molar-refractivity contribution in [1.82, 2.24) is 24.9 Å². The zero-order valence-corrected chi connectivity index (χ0v) is 20.0. The Balaban J connectivity index is 0.000000218. The molecule has 4 N–H and O–H groups in total. The fourth-order valence-electron chi connectivity index (χ4n) is 3.42. The molecule has 5 rings (SSSR count). The Kier molecular flexibility index (Phi) is 6.59. The van der Waals surface area contributed by atoms with Crippen LogP contribution in [-0.4, -0.2) is 36.4 Å². The van der Waals surface area contributed by atoms with Crippen LogP contribution in [0.25, 0.3) is 21.9 Å². The minimum atomic E-state index is -0.208. The molecule has 0 saturated heterocycles. The van der Waals surface area contributed by atoms with E-state index in [0.29, 0.717) is 22.3 Å². The van der Waals surface area contributed by atoms with Crippen LogP contribution in [0.15, 0.2) is 71.9 Å². The number of benzene rings is 2. The molecule has 0 aliphatic heterocycles. The molecule has 2 aromatic carbocycles. The van der Waals surface area contributed by atoms with Crippen LogP contribution in [0.4, 0.5) is 11.5 Å². The van der Waals surface area contributed by atoms with Crippen molar-refractivity contribution in [2.45, 2.75) is 33.2 Å². The fraction of sp³-hybridized carbons (Fsp3) is 0.192. The van der Waals surface area contributed by atoms with Crippen molar-refractivity contribution < 1.29 is 4.79 Å². The van der Waals surface area contributed by atoms with Crippen LogP contribution < -0.4 is 16.2 Å². The quantitative estimate of drug-likeness (QED) is 0.304. The molecule has 0 fully saturated rings. The number of anilines is 2. The average Bonchev–Trinajstić information content (AvgIpc) is 3.35. The Morgan fingerprint density at radius 2 is 1.69 bits per heavy atom. The Bertz CT molecular complexity index is 1530. The Morgan fingerprint density at radius 3 is 2.40 bits per heavy atom. The summed E-state index contributed by atoms with van der Waals surface area (Å²) in [6, 6.07) is 16.3. The van der Waals surface area contributed by atoms with Crippen LogP contribution in [-0.2, 0) is 0 Å². The number of H-pyrrole nitrogens is 2. The van der Waals surface area contributed by atoms with E-state index in [1.807, 2.05) is 43.3 Å². The molecule has 1 amide bonds. The predicted octanol–water partition coefficient (Wildman–Crippen LogP) is 4.65. The third kappa shape index (κ3) is 5.70. The van der Waals surface area contributed by atoms with E-state index in [2.05, 4.69) is 51.3 Å². The van der Waals surface area contributed by atoms with Crippen LogP contribution in [0.3, 0.4) is 0 Å². The number of hydrogen-bond acceptors (Lipinski definition) is 6. The van der Waals surface area contributed by atoms with Crippen LogP contribution in [0.5, 0.6) is 0 Å². The second-order valence-corrected chi connectivity index (χ2v) is 8.99. The molecule has 35 heavy (non-hydrogen) atoms. The molecule has 0 unspecified atom stereocenters. The molecule has 0 radical (unpaired) electrons. The van der Waals surface area contributed by atoms with Crippen molar-refractivity contribution >= 4 is 39.3 Å². The van der Waals surface area contributed by atoms with Gasteiger partial charge >= 0.3 is 0 Å². The SMILES string of the molecule is Cc1nc2cccc(NC(=O)c3ccc[nH]3)c2nc1NC(C)(C)C.O=c1[nH]cnc2ccccc12. The molecule has 0 aliphatic rings. The number of carbonyl (C=O) groups excluding carboxylic acids is 1. The first-order valence-corrected chi connectivity index (χ1v) is 11.1. The number of carbonyl (C=O) groups is 1. The minimum Gasteiger partial charge on any atom is -0.364 e. The maximum atomic E-state index is 12.3. The van der Waals surface area contributed by atoms with Gasteiger partial charge in [0.2, 0.25) is 0 Å². The molecule has 0 atom stereocenters. The van der Waals surface area contributed by atoms with Gasteiger partial charge in [0.05, 0.1) is 34.1 Å². The number of nitrogens with zero attached hydrogens (tertiary/aromatic N) is 3. The van der Waals surface area contributed by atoms with E-state index in [-0.39, 0.29) is 17.0 Å². The molecule has 9 heteroatoms. The third-order valence-electron chi connectivity index (χ3n) is 5.00. The van der Waals surface area contributed by atoms with Gasteiger partial charge in [-0.05, 0) is 64.1 Å². The first-order valence-electron chi connectivity index (χ1n) is 11.1. The van der Waals surface area contributed by atoms with E-state index in [9.17, 15) is 9.59 Å². The number of nitrogens with one attached hydrogen (secondary N) is 4. The van der Waals surface area contributed by atoms with Gasteiger partial charge in [0, 0.05) is 11.7 Å². The summed E-state index contributed by atoms with van der Waals surface area (Å²) in [4.78, 5) is 42.1. The summed E-state index contributed by atoms with van der Waals surface area (Å²) in [7, 11) is 0. The lowest BCUT2D eigenvalue weighted by atomic mass is 10.1. The maximum absolute atomic E-state index is 12.3. The molecule has 9 nitrogen and oxygen atoms in total. The lowest BCUT2D eigenvalue weighted by Gasteiger charge is -2.22. The minimum absolute atomic E-state index is 0.0874. The number of hydrogen-bond donors (Lipinski definition) is 4. The standard InChI is InChI=1S/C18H21N5O.C8H6N2O/c1-11-16(23-18(2,3)4)22-15-12(20-11)7-5-8-13(15)21-17(24)14-9-6-10-19-14;11-8-6-3-1-2-4-7(6)9-5-10-8/h5-10,19H,1-4H3,(H,21,24)(H,22,23);1-5H,(H,9,10,11). The summed E-state index contributed by atoms with van der Waals surface area (Å²) >= 11 is 0. The van der Waals surface area contributed by atoms with Gasteiger partial charge in [-0.15, -0.1) is 0 Å². The second kappa shape index (κ2) is 9.76. The van der Waals surface area contributed by atoms with E-state index < -0.39 is 0 Å². The van der Waals surface area contributed by atoms with E-state index in [1.165, 1.54) is 6.33 Å². The number of rotatable bonds is 3. The smallest absolute Gasteiger partial charge is 0.272 e. The number of fused-ring (bicyclic) bond motifs is 2. The van der Waals surface area contributed by atoms with Gasteiger partial charge in [-0.3, -0.25) is 9.59 Å². The fourth-order valence-corrected chi connectivity index (χ4v) is 3.42. The highest BCUT2D eigenvalue weighted by molar-refractivity contribution is 6.07. The van der Waals surface area contributed by atoms with E-state index in [1.54, 1.807) is 24.4 Å². The Hall–Kier alpha value is -4.53. The number of aromatic nitrogens is 5. The molecule has 5 aromatic rings. The second-order valence-electron chi connectivity index (χ2n) is 8.99. The summed E-state index contributed by atoms with van der Waals surface area (Å²) in [5.74, 6) is 0.511. The van der Waals surface area contributed by atoms with Crippen molar-refractivity contribution in [1.29, 1.82) is 0 Å². The highest BCUT2D eigenvalue weighted by Gasteiger charge is 2.16. The van der Waals surface area contributed by atoms with Crippen molar-refractivity contribution in [2.24, 2.45) is 0 Å². The maximum Gasteiger partial charge on any atom is 0.272 e. The Morgan fingerprint density at radius 1 is 0.914 bits per heavy atom. The molecule has 3 heterocycles. The summed E-state index contributed by atoms with van der Waals surface area (Å²) in [5.41, 5.74) is 3.88. The topological polar surface area (TPSA) is 128 Å². The average molecular weight is 470 g/mol. The molecule has 3 aromatic heterocycles.